The molecule has 2 N–H and O–H groups in total. The van der Waals surface area contributed by atoms with Crippen LogP contribution in [0.25, 0.3) is 10.8 Å². The van der Waals surface area contributed by atoms with Crippen molar-refractivity contribution < 1.29 is 0 Å². The third-order valence-corrected chi connectivity index (χ3v) is 3.14. The predicted octanol–water partition coefficient (Wildman–Crippen LogP) is 3.64. The molecule has 0 amide bonds. The average Bonchev–Trinajstić information content (AvgIpc) is 2.25. The quantitative estimate of drug-likeness (QED) is 0.892. The molecule has 18 heavy (non-hydrogen) atoms. The number of aromatic nitrogens is 1. The Morgan fingerprint density at radius 3 is 2.56 bits per heavy atom. The van der Waals surface area contributed by atoms with Crippen LogP contribution < -0.4 is 5.73 Å². The van der Waals surface area contributed by atoms with Crippen LogP contribution in [-0.2, 0) is 6.42 Å². The molecule has 0 fully saturated rings. The summed E-state index contributed by atoms with van der Waals surface area (Å²) in [7, 11) is 0. The lowest BCUT2D eigenvalue weighted by Gasteiger charge is -2.19. The molecule has 0 atom stereocenters. The minimum atomic E-state index is -0.170. The van der Waals surface area contributed by atoms with Gasteiger partial charge in [0.15, 0.2) is 0 Å². The van der Waals surface area contributed by atoms with Gasteiger partial charge in [0.05, 0.1) is 0 Å². The van der Waals surface area contributed by atoms with Crippen LogP contribution in [0, 0.1) is 0 Å². The topological polar surface area (TPSA) is 38.9 Å². The van der Waals surface area contributed by atoms with E-state index >= 15 is 0 Å². The van der Waals surface area contributed by atoms with Crippen molar-refractivity contribution in [3.05, 3.63) is 41.7 Å². The van der Waals surface area contributed by atoms with Gasteiger partial charge in [-0.3, -0.25) is 4.98 Å². The Labute approximate surface area is 109 Å². The molecule has 0 unspecified atom stereocenters. The minimum Gasteiger partial charge on any atom is -0.325 e. The second kappa shape index (κ2) is 4.69. The number of nitrogens with two attached hydrogens (primary N) is 1. The van der Waals surface area contributed by atoms with Gasteiger partial charge >= 0.3 is 0 Å². The lowest BCUT2D eigenvalue weighted by Crippen LogP contribution is -2.34. The second-order valence-corrected chi connectivity index (χ2v) is 6.10. The highest BCUT2D eigenvalue weighted by molar-refractivity contribution is 5.85. The summed E-state index contributed by atoms with van der Waals surface area (Å²) in [4.78, 5) is 4.34. The minimum absolute atomic E-state index is 0.170. The van der Waals surface area contributed by atoms with Crippen molar-refractivity contribution in [3.8, 4) is 0 Å². The van der Waals surface area contributed by atoms with Gasteiger partial charge in [-0.05, 0) is 48.8 Å². The highest BCUT2D eigenvalue weighted by Gasteiger charge is 2.12. The molecule has 1 heterocycles. The summed E-state index contributed by atoms with van der Waals surface area (Å²) in [6, 6.07) is 6.60. The van der Waals surface area contributed by atoms with Gasteiger partial charge in [-0.2, -0.15) is 0 Å². The summed E-state index contributed by atoms with van der Waals surface area (Å²) in [6.45, 7) is 8.51. The molecule has 2 nitrogen and oxygen atoms in total. The first-order chi connectivity index (χ1) is 8.37. The normalized spacial score (nSPS) is 12.3. The number of pyridine rings is 1. The van der Waals surface area contributed by atoms with Crippen LogP contribution in [0.5, 0.6) is 0 Å². The van der Waals surface area contributed by atoms with Crippen LogP contribution in [0.15, 0.2) is 30.6 Å². The van der Waals surface area contributed by atoms with Crippen LogP contribution in [0.1, 0.15) is 44.7 Å². The standard InChI is InChI=1S/C16H22N2/c1-11(2)15-10-18-9-13-7-12(5-6-14(13)15)8-16(3,4)17/h5-7,9-11H,8,17H2,1-4H3. The summed E-state index contributed by atoms with van der Waals surface area (Å²) >= 11 is 0. The summed E-state index contributed by atoms with van der Waals surface area (Å²) in [6.07, 6.45) is 4.79. The van der Waals surface area contributed by atoms with Crippen molar-refractivity contribution in [2.75, 3.05) is 0 Å². The molecule has 1 aromatic heterocycles. The predicted molar refractivity (Wildman–Crippen MR) is 77.8 cm³/mol. The number of hydrogen-bond donors (Lipinski definition) is 1. The molecule has 0 saturated heterocycles. The van der Waals surface area contributed by atoms with E-state index in [4.69, 9.17) is 5.73 Å². The van der Waals surface area contributed by atoms with E-state index < -0.39 is 0 Å². The Morgan fingerprint density at radius 1 is 1.22 bits per heavy atom. The lowest BCUT2D eigenvalue weighted by atomic mass is 9.93. The second-order valence-electron chi connectivity index (χ2n) is 6.10. The number of hydrogen-bond acceptors (Lipinski definition) is 2. The fraction of sp³-hybridized carbons (Fsp3) is 0.438. The van der Waals surface area contributed by atoms with Crippen LogP contribution in [0.2, 0.25) is 0 Å². The molecule has 2 aromatic rings. The number of benzene rings is 1. The van der Waals surface area contributed by atoms with E-state index in [0.717, 1.165) is 6.42 Å². The maximum atomic E-state index is 6.07. The van der Waals surface area contributed by atoms with Crippen molar-refractivity contribution in [2.24, 2.45) is 5.73 Å². The van der Waals surface area contributed by atoms with Crippen LogP contribution >= 0.6 is 0 Å². The first kappa shape index (κ1) is 13.0. The Bertz CT molecular complexity index is 551. The fourth-order valence-corrected chi connectivity index (χ4v) is 2.35. The largest absolute Gasteiger partial charge is 0.325 e. The smallest absolute Gasteiger partial charge is 0.0346 e. The molecule has 1 aromatic carbocycles. The van der Waals surface area contributed by atoms with Gasteiger partial charge in [-0.1, -0.05) is 26.0 Å². The Hall–Kier alpha value is -1.41. The third kappa shape index (κ3) is 2.88. The van der Waals surface area contributed by atoms with E-state index in [1.165, 1.54) is 21.9 Å². The SMILES string of the molecule is CC(C)c1cncc2cc(CC(C)(C)N)ccc12. The molecule has 0 aliphatic carbocycles. The van der Waals surface area contributed by atoms with Crippen molar-refractivity contribution >= 4 is 10.8 Å². The molecule has 0 spiro atoms. The van der Waals surface area contributed by atoms with Gasteiger partial charge in [0.2, 0.25) is 0 Å². The maximum absolute atomic E-state index is 6.07. The monoisotopic (exact) mass is 242 g/mol. The van der Waals surface area contributed by atoms with Crippen LogP contribution in [0.3, 0.4) is 0 Å². The molecule has 0 radical (unpaired) electrons. The van der Waals surface area contributed by atoms with Crippen molar-refractivity contribution in [2.45, 2.75) is 45.6 Å². The molecule has 0 bridgehead atoms. The van der Waals surface area contributed by atoms with E-state index in [9.17, 15) is 0 Å². The van der Waals surface area contributed by atoms with Gasteiger partial charge in [0.25, 0.3) is 0 Å². The molecule has 2 heteroatoms. The third-order valence-electron chi connectivity index (χ3n) is 3.14. The lowest BCUT2D eigenvalue weighted by molar-refractivity contribution is 0.517. The van der Waals surface area contributed by atoms with Crippen LogP contribution in [0.4, 0.5) is 0 Å². The molecule has 96 valence electrons. The number of nitrogens with zero attached hydrogens (tertiary/aromatic N) is 1. The summed E-state index contributed by atoms with van der Waals surface area (Å²) in [5, 5.41) is 2.52. The number of rotatable bonds is 3. The van der Waals surface area contributed by atoms with Gasteiger partial charge in [0.1, 0.15) is 0 Å². The summed E-state index contributed by atoms with van der Waals surface area (Å²) in [5.74, 6) is 0.498. The number of fused-ring (bicyclic) bond motifs is 1. The van der Waals surface area contributed by atoms with E-state index in [-0.39, 0.29) is 5.54 Å². The van der Waals surface area contributed by atoms with Gasteiger partial charge < -0.3 is 5.73 Å². The Morgan fingerprint density at radius 2 is 1.94 bits per heavy atom. The van der Waals surface area contributed by atoms with E-state index in [0.29, 0.717) is 5.92 Å². The first-order valence-corrected chi connectivity index (χ1v) is 6.52. The molecule has 0 aliphatic rings. The summed E-state index contributed by atoms with van der Waals surface area (Å²) in [5.41, 5.74) is 8.49. The first-order valence-electron chi connectivity index (χ1n) is 6.52. The van der Waals surface area contributed by atoms with E-state index in [1.807, 2.05) is 12.4 Å². The zero-order valence-electron chi connectivity index (χ0n) is 11.7. The van der Waals surface area contributed by atoms with Gasteiger partial charge in [-0.25, -0.2) is 0 Å². The highest BCUT2D eigenvalue weighted by Crippen LogP contribution is 2.25. The molecular weight excluding hydrogens is 220 g/mol. The van der Waals surface area contributed by atoms with E-state index in [2.05, 4.69) is 50.9 Å². The zero-order valence-corrected chi connectivity index (χ0v) is 11.7. The van der Waals surface area contributed by atoms with Crippen LogP contribution in [-0.4, -0.2) is 10.5 Å². The highest BCUT2D eigenvalue weighted by atomic mass is 14.7. The maximum Gasteiger partial charge on any atom is 0.0346 e. The molecule has 2 rings (SSSR count). The Balaban J connectivity index is 2.47. The zero-order chi connectivity index (χ0) is 13.3. The molecule has 0 aliphatic heterocycles. The average molecular weight is 242 g/mol. The molecular formula is C16H22N2. The van der Waals surface area contributed by atoms with Crippen molar-refractivity contribution in [3.63, 3.8) is 0 Å². The fourth-order valence-electron chi connectivity index (χ4n) is 2.35. The van der Waals surface area contributed by atoms with Crippen molar-refractivity contribution in [1.82, 2.24) is 4.98 Å². The molecule has 0 saturated carbocycles. The van der Waals surface area contributed by atoms with Gasteiger partial charge in [0, 0.05) is 23.3 Å². The summed E-state index contributed by atoms with van der Waals surface area (Å²) < 4.78 is 0. The van der Waals surface area contributed by atoms with E-state index in [1.54, 1.807) is 0 Å². The Kier molecular flexibility index (Phi) is 3.40. The van der Waals surface area contributed by atoms with Crippen molar-refractivity contribution in [1.29, 1.82) is 0 Å². The van der Waals surface area contributed by atoms with Gasteiger partial charge in [-0.15, -0.1) is 0 Å².